The first-order chi connectivity index (χ1) is 6.74. The van der Waals surface area contributed by atoms with Gasteiger partial charge in [0.2, 0.25) is 11.0 Å². The van der Waals surface area contributed by atoms with Crippen LogP contribution in [0.1, 0.15) is 5.82 Å². The average Bonchev–Trinajstić information content (AvgIpc) is 2.50. The quantitative estimate of drug-likeness (QED) is 0.668. The lowest BCUT2D eigenvalue weighted by atomic mass is 10.3. The Bertz CT molecular complexity index is 448. The fraction of sp³-hybridized carbons (Fsp3) is 0.500. The molecule has 0 saturated carbocycles. The number of aromatic amines is 1. The highest BCUT2D eigenvalue weighted by atomic mass is 35.8. The summed E-state index contributed by atoms with van der Waals surface area (Å²) in [5.41, 5.74) is 0. The number of aromatic nitrogens is 3. The summed E-state index contributed by atoms with van der Waals surface area (Å²) in [6, 6.07) is 0. The van der Waals surface area contributed by atoms with Gasteiger partial charge in [0.25, 0.3) is 8.08 Å². The number of halogens is 4. The third-order valence-electron chi connectivity index (χ3n) is 1.16. The van der Waals surface area contributed by atoms with Crippen LogP contribution in [0, 0.1) is 0 Å². The van der Waals surface area contributed by atoms with Gasteiger partial charge in [-0.3, -0.25) is 0 Å². The predicted molar refractivity (Wildman–Crippen MR) is 46.9 cm³/mol. The zero-order valence-electron chi connectivity index (χ0n) is 6.75. The van der Waals surface area contributed by atoms with Crippen LogP contribution in [0.4, 0.5) is 13.2 Å². The van der Waals surface area contributed by atoms with E-state index >= 15 is 0 Å². The first-order valence-electron chi connectivity index (χ1n) is 3.25. The molecule has 11 heteroatoms. The van der Waals surface area contributed by atoms with E-state index in [0.29, 0.717) is 0 Å². The number of nitrogens with one attached hydrogen (secondary N) is 1. The summed E-state index contributed by atoms with van der Waals surface area (Å²) in [6.07, 6.45) is 0. The van der Waals surface area contributed by atoms with Crippen LogP contribution in [0.3, 0.4) is 0 Å². The van der Waals surface area contributed by atoms with Gasteiger partial charge in [-0.1, -0.05) is 0 Å². The summed E-state index contributed by atoms with van der Waals surface area (Å²) < 4.78 is 58.1. The fourth-order valence-corrected chi connectivity index (χ4v) is 2.34. The van der Waals surface area contributed by atoms with E-state index < -0.39 is 31.7 Å². The molecule has 0 atom stereocenters. The lowest BCUT2D eigenvalue weighted by Crippen LogP contribution is -2.17. The van der Waals surface area contributed by atoms with Crippen molar-refractivity contribution >= 4 is 29.6 Å². The molecular weight excluding hydrogens is 279 g/mol. The van der Waals surface area contributed by atoms with Crippen LogP contribution in [-0.2, 0) is 14.0 Å². The van der Waals surface area contributed by atoms with E-state index in [9.17, 15) is 21.6 Å². The van der Waals surface area contributed by atoms with E-state index in [2.05, 4.69) is 10.2 Å². The molecule has 1 aromatic rings. The monoisotopic (exact) mass is 281 g/mol. The van der Waals surface area contributed by atoms with E-state index in [1.807, 2.05) is 4.98 Å². The molecule has 1 heterocycles. The van der Waals surface area contributed by atoms with Crippen molar-refractivity contribution in [2.45, 2.75) is 11.1 Å². The third-order valence-corrected chi connectivity index (χ3v) is 3.34. The van der Waals surface area contributed by atoms with Crippen molar-refractivity contribution < 1.29 is 21.6 Å². The summed E-state index contributed by atoms with van der Waals surface area (Å²) in [7, 11) is 0.812. The molecule has 0 aliphatic carbocycles. The number of H-pyrrole nitrogens is 1. The van der Waals surface area contributed by atoms with Crippen LogP contribution in [0.2, 0.25) is 0 Å². The summed E-state index contributed by atoms with van der Waals surface area (Å²) >= 11 is 0. The highest BCUT2D eigenvalue weighted by Crippen LogP contribution is 2.29. The molecule has 5 nitrogen and oxygen atoms in total. The molecule has 0 aromatic carbocycles. The average molecular weight is 282 g/mol. The van der Waals surface area contributed by atoms with Gasteiger partial charge in [0.15, 0.2) is 6.67 Å². The van der Waals surface area contributed by atoms with E-state index in [-0.39, 0.29) is 10.8 Å². The second-order valence-electron chi connectivity index (χ2n) is 2.29. The molecular formula is C4H3ClF3N3O2S2. The molecule has 0 aliphatic heterocycles. The number of rotatable bonds is 4. The molecule has 86 valence electrons. The van der Waals surface area contributed by atoms with E-state index in [0.717, 1.165) is 0 Å². The minimum Gasteiger partial charge on any atom is -0.314 e. The van der Waals surface area contributed by atoms with Crippen molar-refractivity contribution in [3.05, 3.63) is 5.82 Å². The van der Waals surface area contributed by atoms with Crippen molar-refractivity contribution in [2.75, 3.05) is 6.67 Å². The van der Waals surface area contributed by atoms with Crippen LogP contribution >= 0.6 is 21.5 Å². The van der Waals surface area contributed by atoms with Crippen molar-refractivity contribution in [3.8, 4) is 0 Å². The SMILES string of the molecule is O=S(=O)(Cl)Sc1nnc(C(F)(F)CF)[nH]1. The zero-order valence-corrected chi connectivity index (χ0v) is 9.14. The van der Waals surface area contributed by atoms with Crippen molar-refractivity contribution in [2.24, 2.45) is 0 Å². The number of hydrogen-bond acceptors (Lipinski definition) is 5. The van der Waals surface area contributed by atoms with E-state index in [4.69, 9.17) is 10.7 Å². The van der Waals surface area contributed by atoms with Crippen molar-refractivity contribution in [3.63, 3.8) is 0 Å². The van der Waals surface area contributed by atoms with Gasteiger partial charge in [-0.05, 0) is 0 Å². The van der Waals surface area contributed by atoms with Gasteiger partial charge in [0.05, 0.1) is 10.8 Å². The lowest BCUT2D eigenvalue weighted by molar-refractivity contribution is -0.0363. The number of nitrogens with zero attached hydrogens (tertiary/aromatic N) is 2. The fourth-order valence-electron chi connectivity index (χ4n) is 0.606. The van der Waals surface area contributed by atoms with Crippen LogP contribution in [0.5, 0.6) is 0 Å². The topological polar surface area (TPSA) is 75.7 Å². The molecule has 1 rings (SSSR count). The molecule has 0 unspecified atom stereocenters. The van der Waals surface area contributed by atoms with Crippen LogP contribution in [0.25, 0.3) is 0 Å². The van der Waals surface area contributed by atoms with Gasteiger partial charge in [0, 0.05) is 10.7 Å². The van der Waals surface area contributed by atoms with Gasteiger partial charge in [-0.25, -0.2) is 4.39 Å². The first kappa shape index (κ1) is 12.6. The van der Waals surface area contributed by atoms with Crippen molar-refractivity contribution in [1.82, 2.24) is 15.2 Å². The highest BCUT2D eigenvalue weighted by Gasteiger charge is 2.36. The van der Waals surface area contributed by atoms with Gasteiger partial charge in [-0.2, -0.15) is 17.2 Å². The third kappa shape index (κ3) is 3.54. The predicted octanol–water partition coefficient (Wildman–Crippen LogP) is 1.44. The normalized spacial score (nSPS) is 13.1. The Morgan fingerprint density at radius 3 is 2.53 bits per heavy atom. The highest BCUT2D eigenvalue weighted by molar-refractivity contribution is 8.80. The first-order valence-corrected chi connectivity index (χ1v) is 6.90. The Hall–Kier alpha value is -0.480. The smallest absolute Gasteiger partial charge is 0.314 e. The number of alkyl halides is 3. The summed E-state index contributed by atoms with van der Waals surface area (Å²) in [6.45, 7) is -1.96. The van der Waals surface area contributed by atoms with E-state index in [1.54, 1.807) is 0 Å². The molecule has 0 aliphatic rings. The van der Waals surface area contributed by atoms with Crippen LogP contribution in [-0.4, -0.2) is 30.3 Å². The molecule has 0 amide bonds. The maximum absolute atomic E-state index is 12.6. The second-order valence-corrected chi connectivity index (χ2v) is 7.22. The minimum atomic E-state index is -4.00. The Morgan fingerprint density at radius 1 is 1.47 bits per heavy atom. The molecule has 0 saturated heterocycles. The Morgan fingerprint density at radius 2 is 2.07 bits per heavy atom. The van der Waals surface area contributed by atoms with Crippen LogP contribution in [0.15, 0.2) is 5.16 Å². The molecule has 0 spiro atoms. The minimum absolute atomic E-state index is 0.000878. The second kappa shape index (κ2) is 4.18. The standard InChI is InChI=1S/C4H3ClF3N3O2S2/c5-15(12,13)14-3-9-2(10-11-3)4(7,8)1-6/h1H2,(H,9,10,11). The van der Waals surface area contributed by atoms with Gasteiger partial charge in [0.1, 0.15) is 0 Å². The van der Waals surface area contributed by atoms with Gasteiger partial charge in [-0.15, -0.1) is 10.2 Å². The Balaban J connectivity index is 2.91. The van der Waals surface area contributed by atoms with Gasteiger partial charge >= 0.3 is 5.92 Å². The number of hydrogen-bond donors (Lipinski definition) is 1. The molecule has 0 fully saturated rings. The maximum atomic E-state index is 12.6. The maximum Gasteiger partial charge on any atom is 0.334 e. The Kier molecular flexibility index (Phi) is 3.51. The zero-order chi connectivity index (χ0) is 11.7. The molecule has 0 bridgehead atoms. The largest absolute Gasteiger partial charge is 0.334 e. The van der Waals surface area contributed by atoms with E-state index in [1.165, 1.54) is 0 Å². The lowest BCUT2D eigenvalue weighted by Gasteiger charge is -2.05. The van der Waals surface area contributed by atoms with Crippen LogP contribution < -0.4 is 0 Å². The van der Waals surface area contributed by atoms with Crippen molar-refractivity contribution in [1.29, 1.82) is 0 Å². The molecule has 1 N–H and O–H groups in total. The summed E-state index contributed by atoms with van der Waals surface area (Å²) in [5.74, 6) is -4.87. The molecule has 15 heavy (non-hydrogen) atoms. The summed E-state index contributed by atoms with van der Waals surface area (Å²) in [5, 5.41) is 5.52. The molecule has 1 aromatic heterocycles. The van der Waals surface area contributed by atoms with Gasteiger partial charge < -0.3 is 4.98 Å². The summed E-state index contributed by atoms with van der Waals surface area (Å²) in [4.78, 5) is 1.85. The Labute approximate surface area is 90.2 Å². The molecule has 0 radical (unpaired) electrons.